The normalized spacial score (nSPS) is 13.9. The number of allylic oxidation sites excluding steroid dienone is 1. The molecule has 4 rings (SSSR count). The van der Waals surface area contributed by atoms with Gasteiger partial charge < -0.3 is 14.2 Å². The van der Waals surface area contributed by atoms with Crippen LogP contribution >= 0.6 is 15.9 Å². The Labute approximate surface area is 171 Å². The zero-order chi connectivity index (χ0) is 19.5. The maximum Gasteiger partial charge on any atom is 0.231 e. The van der Waals surface area contributed by atoms with Crippen molar-refractivity contribution >= 4 is 27.8 Å². The van der Waals surface area contributed by atoms with Gasteiger partial charge in [-0.05, 0) is 47.5 Å². The maximum absolute atomic E-state index is 12.6. The van der Waals surface area contributed by atoms with Gasteiger partial charge in [-0.15, -0.1) is 0 Å². The van der Waals surface area contributed by atoms with Crippen LogP contribution < -0.4 is 14.2 Å². The van der Waals surface area contributed by atoms with Gasteiger partial charge in [-0.2, -0.15) is 0 Å². The van der Waals surface area contributed by atoms with E-state index in [2.05, 4.69) is 15.9 Å². The van der Waals surface area contributed by atoms with Crippen LogP contribution in [0.2, 0.25) is 0 Å². The SMILES string of the molecule is COc1ccc(COc2ccc3c(c2)O/C(=C\c2ccccc2Br)C3=O)cc1. The molecule has 0 bridgehead atoms. The van der Waals surface area contributed by atoms with Crippen LogP contribution in [0.25, 0.3) is 6.08 Å². The fourth-order valence-corrected chi connectivity index (χ4v) is 3.28. The van der Waals surface area contributed by atoms with E-state index in [1.807, 2.05) is 48.5 Å². The molecule has 3 aromatic carbocycles. The van der Waals surface area contributed by atoms with E-state index < -0.39 is 0 Å². The number of hydrogen-bond acceptors (Lipinski definition) is 4. The quantitative estimate of drug-likeness (QED) is 0.484. The van der Waals surface area contributed by atoms with Crippen molar-refractivity contribution < 1.29 is 19.0 Å². The van der Waals surface area contributed by atoms with Crippen LogP contribution in [0.15, 0.2) is 77.0 Å². The summed E-state index contributed by atoms with van der Waals surface area (Å²) < 4.78 is 17.7. The van der Waals surface area contributed by atoms with Gasteiger partial charge >= 0.3 is 0 Å². The summed E-state index contributed by atoms with van der Waals surface area (Å²) in [6.07, 6.45) is 1.74. The van der Waals surface area contributed by atoms with Crippen molar-refractivity contribution in [3.63, 3.8) is 0 Å². The lowest BCUT2D eigenvalue weighted by atomic mass is 10.1. The van der Waals surface area contributed by atoms with Gasteiger partial charge in [-0.25, -0.2) is 0 Å². The smallest absolute Gasteiger partial charge is 0.231 e. The second kappa shape index (κ2) is 7.90. The Morgan fingerprint density at radius 3 is 2.50 bits per heavy atom. The van der Waals surface area contributed by atoms with Crippen LogP contribution in [-0.4, -0.2) is 12.9 Å². The van der Waals surface area contributed by atoms with Gasteiger partial charge in [0.15, 0.2) is 5.76 Å². The van der Waals surface area contributed by atoms with E-state index in [4.69, 9.17) is 14.2 Å². The molecule has 1 aliphatic heterocycles. The lowest BCUT2D eigenvalue weighted by Crippen LogP contribution is -1.98. The Hall–Kier alpha value is -3.05. The summed E-state index contributed by atoms with van der Waals surface area (Å²) in [5.74, 6) is 2.12. The first kappa shape index (κ1) is 18.3. The van der Waals surface area contributed by atoms with Crippen molar-refractivity contribution in [2.75, 3.05) is 7.11 Å². The third kappa shape index (κ3) is 3.80. The van der Waals surface area contributed by atoms with Gasteiger partial charge in [-0.3, -0.25) is 4.79 Å². The van der Waals surface area contributed by atoms with Crippen LogP contribution in [0.1, 0.15) is 21.5 Å². The van der Waals surface area contributed by atoms with E-state index in [0.717, 1.165) is 21.3 Å². The summed E-state index contributed by atoms with van der Waals surface area (Å²) in [6.45, 7) is 0.413. The topological polar surface area (TPSA) is 44.8 Å². The third-order valence-corrected chi connectivity index (χ3v) is 5.12. The standard InChI is InChI=1S/C23H17BrO4/c1-26-17-8-6-15(7-9-17)14-27-18-10-11-19-21(13-18)28-22(23(19)25)12-16-4-2-3-5-20(16)24/h2-13H,14H2,1H3/b22-12-. The number of fused-ring (bicyclic) bond motifs is 1. The van der Waals surface area contributed by atoms with E-state index in [1.165, 1.54) is 0 Å². The third-order valence-electron chi connectivity index (χ3n) is 4.40. The van der Waals surface area contributed by atoms with Gasteiger partial charge in [0.1, 0.15) is 23.9 Å². The molecule has 0 N–H and O–H groups in total. The highest BCUT2D eigenvalue weighted by molar-refractivity contribution is 9.10. The predicted molar refractivity (Wildman–Crippen MR) is 111 cm³/mol. The molecule has 0 aromatic heterocycles. The highest BCUT2D eigenvalue weighted by atomic mass is 79.9. The lowest BCUT2D eigenvalue weighted by Gasteiger charge is -2.08. The molecule has 0 spiro atoms. The van der Waals surface area contributed by atoms with Crippen LogP contribution in [0.5, 0.6) is 17.2 Å². The Bertz CT molecular complexity index is 1050. The number of ketones is 1. The highest BCUT2D eigenvalue weighted by Gasteiger charge is 2.27. The average molecular weight is 437 g/mol. The number of ether oxygens (including phenoxy) is 3. The highest BCUT2D eigenvalue weighted by Crippen LogP contribution is 2.35. The molecule has 0 unspecified atom stereocenters. The molecule has 0 saturated heterocycles. The molecule has 0 aliphatic carbocycles. The summed E-state index contributed by atoms with van der Waals surface area (Å²) in [6, 6.07) is 20.6. The zero-order valence-electron chi connectivity index (χ0n) is 15.1. The molecule has 0 saturated carbocycles. The minimum Gasteiger partial charge on any atom is -0.497 e. The predicted octanol–water partition coefficient (Wildman–Crippen LogP) is 5.65. The van der Waals surface area contributed by atoms with Gasteiger partial charge in [0.2, 0.25) is 5.78 Å². The fourth-order valence-electron chi connectivity index (χ4n) is 2.88. The molecule has 0 radical (unpaired) electrons. The molecule has 0 fully saturated rings. The van der Waals surface area contributed by atoms with Crippen molar-refractivity contribution in [2.45, 2.75) is 6.61 Å². The minimum absolute atomic E-state index is 0.132. The first-order valence-corrected chi connectivity index (χ1v) is 9.52. The Balaban J connectivity index is 1.49. The number of benzene rings is 3. The second-order valence-corrected chi connectivity index (χ2v) is 7.11. The van der Waals surface area contributed by atoms with Crippen LogP contribution in [0.4, 0.5) is 0 Å². The Morgan fingerprint density at radius 1 is 1.00 bits per heavy atom. The molecule has 3 aromatic rings. The van der Waals surface area contributed by atoms with E-state index in [0.29, 0.717) is 29.4 Å². The van der Waals surface area contributed by atoms with E-state index in [-0.39, 0.29) is 5.78 Å². The number of hydrogen-bond donors (Lipinski definition) is 0. The van der Waals surface area contributed by atoms with Gasteiger partial charge in [0.25, 0.3) is 0 Å². The van der Waals surface area contributed by atoms with Crippen LogP contribution in [0, 0.1) is 0 Å². The van der Waals surface area contributed by atoms with Crippen molar-refractivity contribution in [2.24, 2.45) is 0 Å². The number of carbonyl (C=O) groups excluding carboxylic acids is 1. The molecular weight excluding hydrogens is 420 g/mol. The first-order valence-electron chi connectivity index (χ1n) is 8.72. The molecule has 1 aliphatic rings. The van der Waals surface area contributed by atoms with E-state index in [9.17, 15) is 4.79 Å². The summed E-state index contributed by atoms with van der Waals surface area (Å²) >= 11 is 3.48. The molecule has 0 atom stereocenters. The summed E-state index contributed by atoms with van der Waals surface area (Å²) in [5.41, 5.74) is 2.44. The zero-order valence-corrected chi connectivity index (χ0v) is 16.7. The maximum atomic E-state index is 12.6. The first-order chi connectivity index (χ1) is 13.6. The molecule has 5 heteroatoms. The average Bonchev–Trinajstić information content (AvgIpc) is 3.03. The van der Waals surface area contributed by atoms with Crippen LogP contribution in [-0.2, 0) is 6.61 Å². The summed E-state index contributed by atoms with van der Waals surface area (Å²) in [4.78, 5) is 12.6. The lowest BCUT2D eigenvalue weighted by molar-refractivity contribution is 0.101. The molecule has 1 heterocycles. The molecule has 28 heavy (non-hydrogen) atoms. The van der Waals surface area contributed by atoms with Crippen molar-refractivity contribution in [3.8, 4) is 17.2 Å². The van der Waals surface area contributed by atoms with E-state index >= 15 is 0 Å². The monoisotopic (exact) mass is 436 g/mol. The molecular formula is C23H17BrO4. The summed E-state index contributed by atoms with van der Waals surface area (Å²) in [7, 11) is 1.64. The van der Waals surface area contributed by atoms with Gasteiger partial charge in [0.05, 0.1) is 12.7 Å². The second-order valence-electron chi connectivity index (χ2n) is 6.26. The Morgan fingerprint density at radius 2 is 1.75 bits per heavy atom. The van der Waals surface area contributed by atoms with Gasteiger partial charge in [0, 0.05) is 10.5 Å². The minimum atomic E-state index is -0.132. The molecule has 140 valence electrons. The van der Waals surface area contributed by atoms with Crippen molar-refractivity contribution in [1.82, 2.24) is 0 Å². The molecule has 4 nitrogen and oxygen atoms in total. The van der Waals surface area contributed by atoms with Crippen molar-refractivity contribution in [1.29, 1.82) is 0 Å². The fraction of sp³-hybridized carbons (Fsp3) is 0.0870. The number of rotatable bonds is 5. The molecule has 0 amide bonds. The van der Waals surface area contributed by atoms with E-state index in [1.54, 1.807) is 31.4 Å². The number of Topliss-reactive ketones (excluding diaryl/α,β-unsaturated/α-hetero) is 1. The Kier molecular flexibility index (Phi) is 5.17. The number of halogens is 1. The number of methoxy groups -OCH3 is 1. The van der Waals surface area contributed by atoms with Gasteiger partial charge in [-0.1, -0.05) is 46.3 Å². The summed E-state index contributed by atoms with van der Waals surface area (Å²) in [5, 5.41) is 0. The van der Waals surface area contributed by atoms with Crippen LogP contribution in [0.3, 0.4) is 0 Å². The largest absolute Gasteiger partial charge is 0.497 e. The number of carbonyl (C=O) groups is 1. The van der Waals surface area contributed by atoms with Crippen molar-refractivity contribution in [3.05, 3.63) is 93.7 Å².